The smallest absolute Gasteiger partial charge is 0.224 e. The molecule has 22 heavy (non-hydrogen) atoms. The first-order valence-electron chi connectivity index (χ1n) is 8.01. The quantitative estimate of drug-likeness (QED) is 0.846. The molecule has 1 amide bonds. The van der Waals surface area contributed by atoms with E-state index in [9.17, 15) is 4.79 Å². The molecule has 0 aromatic rings. The third-order valence-corrected chi connectivity index (χ3v) is 6.61. The summed E-state index contributed by atoms with van der Waals surface area (Å²) in [7, 11) is 0. The molecule has 3 nitrogen and oxygen atoms in total. The van der Waals surface area contributed by atoms with E-state index in [1.165, 1.54) is 5.70 Å². The molecular formula is C17H25ClN2OS. The SMILES string of the molecule is CCCC(C)NC(=O)C1CSC23CC=CC=C2N=CCC13.Cl. The molecule has 1 fully saturated rings. The normalized spacial score (nSPS) is 33.3. The van der Waals surface area contributed by atoms with E-state index < -0.39 is 0 Å². The van der Waals surface area contributed by atoms with Crippen LogP contribution in [0, 0.1) is 11.8 Å². The fraction of sp³-hybridized carbons (Fsp3) is 0.647. The number of nitrogens with one attached hydrogen (secondary N) is 1. The van der Waals surface area contributed by atoms with Crippen molar-refractivity contribution in [2.75, 3.05) is 5.75 Å². The van der Waals surface area contributed by atoms with Crippen LogP contribution >= 0.6 is 24.2 Å². The highest BCUT2D eigenvalue weighted by atomic mass is 35.5. The third-order valence-electron chi connectivity index (χ3n) is 4.89. The van der Waals surface area contributed by atoms with Crippen LogP contribution in [-0.2, 0) is 4.79 Å². The molecule has 1 saturated heterocycles. The van der Waals surface area contributed by atoms with Crippen molar-refractivity contribution in [3.05, 3.63) is 23.9 Å². The van der Waals surface area contributed by atoms with Gasteiger partial charge in [-0.3, -0.25) is 9.79 Å². The topological polar surface area (TPSA) is 41.5 Å². The largest absolute Gasteiger partial charge is 0.353 e. The van der Waals surface area contributed by atoms with Gasteiger partial charge in [0.25, 0.3) is 0 Å². The zero-order valence-electron chi connectivity index (χ0n) is 13.2. The Morgan fingerprint density at radius 1 is 1.59 bits per heavy atom. The van der Waals surface area contributed by atoms with Crippen molar-refractivity contribution in [2.45, 2.75) is 50.3 Å². The van der Waals surface area contributed by atoms with E-state index in [0.29, 0.717) is 5.92 Å². The second-order valence-corrected chi connectivity index (χ2v) is 7.69. The molecule has 1 N–H and O–H groups in total. The van der Waals surface area contributed by atoms with Gasteiger partial charge in [0.2, 0.25) is 5.91 Å². The maximum absolute atomic E-state index is 12.7. The molecule has 0 saturated carbocycles. The number of hydrogen-bond donors (Lipinski definition) is 1. The molecular weight excluding hydrogens is 316 g/mol. The highest BCUT2D eigenvalue weighted by Gasteiger charge is 2.54. The van der Waals surface area contributed by atoms with Crippen LogP contribution in [0.15, 0.2) is 28.9 Å². The lowest BCUT2D eigenvalue weighted by Gasteiger charge is -2.39. The van der Waals surface area contributed by atoms with Gasteiger partial charge in [-0.2, -0.15) is 0 Å². The van der Waals surface area contributed by atoms with Crippen LogP contribution in [0.3, 0.4) is 0 Å². The van der Waals surface area contributed by atoms with Gasteiger partial charge in [-0.05, 0) is 38.2 Å². The predicted molar refractivity (Wildman–Crippen MR) is 96.9 cm³/mol. The van der Waals surface area contributed by atoms with Gasteiger partial charge < -0.3 is 5.32 Å². The second kappa shape index (κ2) is 7.22. The van der Waals surface area contributed by atoms with Gasteiger partial charge in [0.1, 0.15) is 0 Å². The molecule has 2 aliphatic heterocycles. The van der Waals surface area contributed by atoms with E-state index in [1.807, 2.05) is 18.0 Å². The minimum Gasteiger partial charge on any atom is -0.353 e. The molecule has 5 heteroatoms. The summed E-state index contributed by atoms with van der Waals surface area (Å²) in [4.78, 5) is 17.3. The first kappa shape index (κ1) is 17.6. The maximum atomic E-state index is 12.7. The van der Waals surface area contributed by atoms with Gasteiger partial charge in [-0.1, -0.05) is 25.5 Å². The summed E-state index contributed by atoms with van der Waals surface area (Å²) < 4.78 is 0.0551. The number of thioether (sulfide) groups is 1. The summed E-state index contributed by atoms with van der Waals surface area (Å²) in [6, 6.07) is 0.280. The van der Waals surface area contributed by atoms with E-state index in [1.54, 1.807) is 0 Å². The van der Waals surface area contributed by atoms with E-state index in [0.717, 1.165) is 31.4 Å². The summed E-state index contributed by atoms with van der Waals surface area (Å²) in [5.74, 6) is 1.68. The van der Waals surface area contributed by atoms with E-state index >= 15 is 0 Å². The predicted octanol–water partition coefficient (Wildman–Crippen LogP) is 3.75. The van der Waals surface area contributed by atoms with Gasteiger partial charge >= 0.3 is 0 Å². The fourth-order valence-electron chi connectivity index (χ4n) is 3.79. The second-order valence-electron chi connectivity index (χ2n) is 6.34. The Morgan fingerprint density at radius 2 is 2.41 bits per heavy atom. The monoisotopic (exact) mass is 340 g/mol. The molecule has 0 aromatic heterocycles. The molecule has 0 aromatic carbocycles. The Kier molecular flexibility index (Phi) is 5.78. The van der Waals surface area contributed by atoms with Gasteiger partial charge in [0, 0.05) is 18.0 Å². The van der Waals surface area contributed by atoms with Crippen molar-refractivity contribution in [1.82, 2.24) is 5.32 Å². The number of aliphatic imine (C=N–C) groups is 1. The number of carbonyl (C=O) groups excluding carboxylic acids is 1. The Hall–Kier alpha value is -0.740. The van der Waals surface area contributed by atoms with Gasteiger partial charge in [0.05, 0.1) is 16.4 Å². The van der Waals surface area contributed by atoms with E-state index in [-0.39, 0.29) is 35.0 Å². The zero-order chi connectivity index (χ0) is 14.9. The van der Waals surface area contributed by atoms with Crippen LogP contribution in [0.5, 0.6) is 0 Å². The number of halogens is 1. The van der Waals surface area contributed by atoms with Crippen molar-refractivity contribution in [3.63, 3.8) is 0 Å². The van der Waals surface area contributed by atoms with Crippen molar-refractivity contribution in [3.8, 4) is 0 Å². The van der Waals surface area contributed by atoms with E-state index in [4.69, 9.17) is 0 Å². The van der Waals surface area contributed by atoms with Gasteiger partial charge in [-0.15, -0.1) is 24.2 Å². The highest BCUT2D eigenvalue weighted by molar-refractivity contribution is 8.01. The van der Waals surface area contributed by atoms with Crippen LogP contribution in [0.4, 0.5) is 0 Å². The zero-order valence-corrected chi connectivity index (χ0v) is 14.9. The third kappa shape index (κ3) is 3.00. The number of allylic oxidation sites excluding steroid dienone is 3. The maximum Gasteiger partial charge on any atom is 0.224 e. The minimum absolute atomic E-state index is 0. The average Bonchev–Trinajstić information content (AvgIpc) is 2.85. The number of hydrogen-bond acceptors (Lipinski definition) is 3. The lowest BCUT2D eigenvalue weighted by molar-refractivity contribution is -0.126. The molecule has 4 unspecified atom stereocenters. The highest BCUT2D eigenvalue weighted by Crippen LogP contribution is 2.57. The Bertz CT molecular complexity index is 517. The molecule has 3 rings (SSSR count). The first-order valence-corrected chi connectivity index (χ1v) is 9.00. The Balaban J connectivity index is 0.00000176. The molecule has 122 valence electrons. The van der Waals surface area contributed by atoms with Crippen molar-refractivity contribution in [1.29, 1.82) is 0 Å². The lowest BCUT2D eigenvalue weighted by Crippen LogP contribution is -2.45. The number of carbonyl (C=O) groups is 1. The van der Waals surface area contributed by atoms with E-state index in [2.05, 4.69) is 42.4 Å². The van der Waals surface area contributed by atoms with Crippen molar-refractivity contribution in [2.24, 2.45) is 16.8 Å². The molecule has 0 radical (unpaired) electrons. The standard InChI is InChI=1S/C17H24N2OS.ClH/c1-3-6-12(2)19-16(20)13-11-21-17-9-5-4-7-15(17)18-10-8-14(13)17;/h4-5,7,10,12-14H,3,6,8-9,11H2,1-2H3,(H,19,20);1H. The molecule has 0 bridgehead atoms. The molecule has 1 spiro atoms. The van der Waals surface area contributed by atoms with Crippen LogP contribution in [-0.4, -0.2) is 28.7 Å². The van der Waals surface area contributed by atoms with Crippen LogP contribution in [0.2, 0.25) is 0 Å². The van der Waals surface area contributed by atoms with Crippen LogP contribution in [0.25, 0.3) is 0 Å². The summed E-state index contributed by atoms with van der Waals surface area (Å²) in [5, 5.41) is 3.21. The first-order chi connectivity index (χ1) is 10.2. The Morgan fingerprint density at radius 3 is 3.18 bits per heavy atom. The molecule has 2 heterocycles. The van der Waals surface area contributed by atoms with Gasteiger partial charge in [0.15, 0.2) is 0 Å². The number of amides is 1. The molecule has 3 aliphatic rings. The summed E-state index contributed by atoms with van der Waals surface area (Å²) in [6.07, 6.45) is 12.6. The number of rotatable bonds is 4. The van der Waals surface area contributed by atoms with Crippen LogP contribution in [0.1, 0.15) is 39.5 Å². The van der Waals surface area contributed by atoms with Crippen LogP contribution < -0.4 is 5.32 Å². The molecule has 1 aliphatic carbocycles. The summed E-state index contributed by atoms with van der Waals surface area (Å²) in [6.45, 7) is 4.27. The van der Waals surface area contributed by atoms with Crippen molar-refractivity contribution >= 4 is 36.3 Å². The number of nitrogens with zero attached hydrogens (tertiary/aromatic N) is 1. The fourth-order valence-corrected chi connectivity index (χ4v) is 5.61. The Labute approximate surface area is 143 Å². The minimum atomic E-state index is 0. The molecule has 4 atom stereocenters. The lowest BCUT2D eigenvalue weighted by atomic mass is 9.73. The average molecular weight is 341 g/mol. The summed E-state index contributed by atoms with van der Waals surface area (Å²) in [5.41, 5.74) is 1.17. The van der Waals surface area contributed by atoms with Gasteiger partial charge in [-0.25, -0.2) is 0 Å². The summed E-state index contributed by atoms with van der Waals surface area (Å²) >= 11 is 1.94. The van der Waals surface area contributed by atoms with Crippen molar-refractivity contribution < 1.29 is 4.79 Å².